The topological polar surface area (TPSA) is 60.5 Å². The Labute approximate surface area is 156 Å². The molecule has 4 fully saturated rings. The smallest absolute Gasteiger partial charge is 0.241 e. The lowest BCUT2D eigenvalue weighted by Crippen LogP contribution is -2.54. The summed E-state index contributed by atoms with van der Waals surface area (Å²) in [6, 6.07) is 4.78. The van der Waals surface area contributed by atoms with Gasteiger partial charge in [-0.25, -0.2) is 5.43 Å². The summed E-state index contributed by atoms with van der Waals surface area (Å²) in [4.78, 5) is 22.2. The first-order chi connectivity index (χ1) is 12.7. The number of aromatic nitrogens is 1. The normalized spacial score (nSPS) is 34.8. The molecule has 5 atom stereocenters. The Balaban J connectivity index is 1.44. The van der Waals surface area contributed by atoms with E-state index in [1.165, 1.54) is 12.0 Å². The largest absolute Gasteiger partial charge is 0.337 e. The van der Waals surface area contributed by atoms with Crippen LogP contribution in [0.4, 0.5) is 0 Å². The van der Waals surface area contributed by atoms with Crippen LogP contribution in [0.25, 0.3) is 0 Å². The van der Waals surface area contributed by atoms with Gasteiger partial charge in [-0.2, -0.15) is 0 Å². The number of fused-ring (bicyclic) bond motifs is 4. The van der Waals surface area contributed by atoms with Crippen LogP contribution in [-0.4, -0.2) is 58.5 Å². The zero-order valence-corrected chi connectivity index (χ0v) is 15.9. The van der Waals surface area contributed by atoms with Gasteiger partial charge in [-0.05, 0) is 42.7 Å². The van der Waals surface area contributed by atoms with E-state index in [2.05, 4.69) is 45.5 Å². The number of rotatable bonds is 4. The Morgan fingerprint density at radius 2 is 2.15 bits per heavy atom. The molecule has 3 unspecified atom stereocenters. The minimum atomic E-state index is -0.0916. The van der Waals surface area contributed by atoms with E-state index < -0.39 is 0 Å². The fourth-order valence-electron chi connectivity index (χ4n) is 4.96. The number of carbonyl (C=O) groups excluding carboxylic acids is 1. The van der Waals surface area contributed by atoms with Gasteiger partial charge in [0.2, 0.25) is 5.91 Å². The summed E-state index contributed by atoms with van der Waals surface area (Å²) in [5.74, 6) is 1.21. The molecule has 2 bridgehead atoms. The highest BCUT2D eigenvalue weighted by molar-refractivity contribution is 5.83. The third-order valence-electron chi connectivity index (χ3n) is 6.49. The lowest BCUT2D eigenvalue weighted by molar-refractivity contribution is -0.138. The molecule has 5 rings (SSSR count). The Bertz CT molecular complexity index is 624. The van der Waals surface area contributed by atoms with E-state index in [1.54, 1.807) is 0 Å². The minimum Gasteiger partial charge on any atom is -0.337 e. The number of amides is 1. The number of hydrogen-bond acceptors (Lipinski definition) is 5. The van der Waals surface area contributed by atoms with Gasteiger partial charge in [0, 0.05) is 50.7 Å². The van der Waals surface area contributed by atoms with Crippen LogP contribution >= 0.6 is 0 Å². The van der Waals surface area contributed by atoms with Crippen LogP contribution in [-0.2, 0) is 11.3 Å². The third-order valence-corrected chi connectivity index (χ3v) is 6.49. The number of pyridine rings is 1. The standard InChI is InChI=1S/C20H31N5O/c1-3-18-14(2)19(23-22-18)20(26)25-12-16-6-7-17(25)13-24(11-16)10-15-5-4-8-21-9-15/h4-5,8-9,14,16-19,22-23H,3,6-7,10-13H2,1-2H3/t14?,16-,17+,18?,19?/m1/s1. The summed E-state index contributed by atoms with van der Waals surface area (Å²) in [7, 11) is 0. The molecule has 0 spiro atoms. The molecule has 26 heavy (non-hydrogen) atoms. The van der Waals surface area contributed by atoms with E-state index in [4.69, 9.17) is 0 Å². The Kier molecular flexibility index (Phi) is 5.25. The average molecular weight is 358 g/mol. The average Bonchev–Trinajstić information content (AvgIpc) is 2.82. The van der Waals surface area contributed by atoms with Crippen molar-refractivity contribution < 1.29 is 4.79 Å². The highest BCUT2D eigenvalue weighted by atomic mass is 16.2. The predicted molar refractivity (Wildman–Crippen MR) is 101 cm³/mol. The summed E-state index contributed by atoms with van der Waals surface area (Å²) in [6.07, 6.45) is 7.19. The predicted octanol–water partition coefficient (Wildman–Crippen LogP) is 1.40. The quantitative estimate of drug-likeness (QED) is 0.853. The SMILES string of the molecule is CCC1NNC(C(=O)N2C[C@@H]3CC[C@H]2CN(Cc2cccnc2)C3)C1C. The number of hydrogen-bond donors (Lipinski definition) is 2. The molecule has 1 amide bonds. The fourth-order valence-corrected chi connectivity index (χ4v) is 4.96. The van der Waals surface area contributed by atoms with Gasteiger partial charge in [0.1, 0.15) is 6.04 Å². The van der Waals surface area contributed by atoms with Crippen molar-refractivity contribution in [3.05, 3.63) is 30.1 Å². The van der Waals surface area contributed by atoms with Crippen molar-refractivity contribution in [2.45, 2.75) is 57.8 Å². The number of hydrazine groups is 1. The molecule has 0 aliphatic carbocycles. The van der Waals surface area contributed by atoms with E-state index >= 15 is 0 Å². The Morgan fingerprint density at radius 1 is 1.27 bits per heavy atom. The number of nitrogens with one attached hydrogen (secondary N) is 2. The second kappa shape index (κ2) is 7.62. The first-order valence-electron chi connectivity index (χ1n) is 10.1. The van der Waals surface area contributed by atoms with Crippen molar-refractivity contribution in [1.29, 1.82) is 0 Å². The molecule has 4 aliphatic heterocycles. The molecule has 6 nitrogen and oxygen atoms in total. The first-order valence-corrected chi connectivity index (χ1v) is 10.1. The van der Waals surface area contributed by atoms with Gasteiger partial charge < -0.3 is 4.90 Å². The first kappa shape index (κ1) is 17.9. The monoisotopic (exact) mass is 357 g/mol. The van der Waals surface area contributed by atoms with E-state index in [9.17, 15) is 4.79 Å². The number of nitrogens with zero attached hydrogens (tertiary/aromatic N) is 3. The summed E-state index contributed by atoms with van der Waals surface area (Å²) < 4.78 is 0. The molecule has 4 saturated heterocycles. The molecule has 6 heteroatoms. The summed E-state index contributed by atoms with van der Waals surface area (Å²) in [6.45, 7) is 8.26. The van der Waals surface area contributed by atoms with Gasteiger partial charge in [-0.3, -0.25) is 20.1 Å². The molecule has 4 aliphatic rings. The van der Waals surface area contributed by atoms with E-state index in [1.807, 2.05) is 18.5 Å². The molecule has 1 aromatic rings. The zero-order chi connectivity index (χ0) is 18.1. The molecule has 1 aromatic heterocycles. The van der Waals surface area contributed by atoms with Crippen LogP contribution in [0.15, 0.2) is 24.5 Å². The third kappa shape index (κ3) is 3.50. The van der Waals surface area contributed by atoms with E-state index in [0.29, 0.717) is 29.8 Å². The molecule has 142 valence electrons. The maximum atomic E-state index is 13.3. The van der Waals surface area contributed by atoms with Crippen LogP contribution in [0.5, 0.6) is 0 Å². The number of carbonyl (C=O) groups is 1. The van der Waals surface area contributed by atoms with Gasteiger partial charge >= 0.3 is 0 Å². The molecule has 5 heterocycles. The second-order valence-corrected chi connectivity index (χ2v) is 8.28. The Morgan fingerprint density at radius 3 is 2.88 bits per heavy atom. The lowest BCUT2D eigenvalue weighted by Gasteiger charge is -2.38. The second-order valence-electron chi connectivity index (χ2n) is 8.28. The molecule has 0 aromatic carbocycles. The summed E-state index contributed by atoms with van der Waals surface area (Å²) in [5.41, 5.74) is 7.84. The van der Waals surface area contributed by atoms with Crippen molar-refractivity contribution in [2.75, 3.05) is 19.6 Å². The van der Waals surface area contributed by atoms with Crippen LogP contribution < -0.4 is 10.9 Å². The van der Waals surface area contributed by atoms with Gasteiger partial charge in [-0.15, -0.1) is 0 Å². The van der Waals surface area contributed by atoms with Crippen LogP contribution in [0.1, 0.15) is 38.7 Å². The zero-order valence-electron chi connectivity index (χ0n) is 15.9. The van der Waals surface area contributed by atoms with E-state index in [-0.39, 0.29) is 6.04 Å². The number of piperidine rings is 1. The molecule has 0 saturated carbocycles. The van der Waals surface area contributed by atoms with Crippen molar-refractivity contribution in [2.24, 2.45) is 11.8 Å². The van der Waals surface area contributed by atoms with Crippen LogP contribution in [0.2, 0.25) is 0 Å². The van der Waals surface area contributed by atoms with Crippen molar-refractivity contribution >= 4 is 5.91 Å². The fraction of sp³-hybridized carbons (Fsp3) is 0.700. The minimum absolute atomic E-state index is 0.0916. The summed E-state index contributed by atoms with van der Waals surface area (Å²) in [5, 5.41) is 0. The Hall–Kier alpha value is -1.50. The highest BCUT2D eigenvalue weighted by Crippen LogP contribution is 2.30. The van der Waals surface area contributed by atoms with Gasteiger partial charge in [-0.1, -0.05) is 19.9 Å². The van der Waals surface area contributed by atoms with Crippen LogP contribution in [0, 0.1) is 11.8 Å². The molecule has 0 radical (unpaired) electrons. The molecule has 2 N–H and O–H groups in total. The van der Waals surface area contributed by atoms with Crippen molar-refractivity contribution in [3.63, 3.8) is 0 Å². The molecular weight excluding hydrogens is 326 g/mol. The maximum absolute atomic E-state index is 13.3. The van der Waals surface area contributed by atoms with E-state index in [0.717, 1.165) is 39.0 Å². The van der Waals surface area contributed by atoms with Gasteiger partial charge in [0.15, 0.2) is 0 Å². The van der Waals surface area contributed by atoms with Gasteiger partial charge in [0.25, 0.3) is 0 Å². The lowest BCUT2D eigenvalue weighted by atomic mass is 9.90. The van der Waals surface area contributed by atoms with Crippen LogP contribution in [0.3, 0.4) is 0 Å². The summed E-state index contributed by atoms with van der Waals surface area (Å²) >= 11 is 0. The molecular formula is C20H31N5O. The van der Waals surface area contributed by atoms with Crippen molar-refractivity contribution in [1.82, 2.24) is 25.6 Å². The van der Waals surface area contributed by atoms with Gasteiger partial charge in [0.05, 0.1) is 0 Å². The van der Waals surface area contributed by atoms with Crippen molar-refractivity contribution in [3.8, 4) is 0 Å². The maximum Gasteiger partial charge on any atom is 0.241 e. The highest BCUT2D eigenvalue weighted by Gasteiger charge is 2.43.